The molecule has 2 aromatic carbocycles. The van der Waals surface area contributed by atoms with E-state index in [2.05, 4.69) is 4.98 Å². The molecule has 2 heterocycles. The Morgan fingerprint density at radius 2 is 1.93 bits per heavy atom. The fourth-order valence-electron chi connectivity index (χ4n) is 3.67. The zero-order chi connectivity index (χ0) is 20.5. The van der Waals surface area contributed by atoms with Gasteiger partial charge in [0.15, 0.2) is 0 Å². The minimum absolute atomic E-state index is 0.0268. The number of thiazole rings is 1. The van der Waals surface area contributed by atoms with Crippen molar-refractivity contribution in [3.8, 4) is 11.6 Å². The Kier molecular flexibility index (Phi) is 5.02. The highest BCUT2D eigenvalue weighted by atomic mass is 32.1. The summed E-state index contributed by atoms with van der Waals surface area (Å²) in [6.45, 7) is 0.411. The second-order valence-corrected chi connectivity index (χ2v) is 8.01. The molecule has 3 aromatic rings. The molecule has 0 fully saturated rings. The third kappa shape index (κ3) is 3.71. The summed E-state index contributed by atoms with van der Waals surface area (Å²) in [6.07, 6.45) is 1.38. The number of aromatic nitrogens is 1. The molecule has 0 radical (unpaired) electrons. The van der Waals surface area contributed by atoms with Crippen LogP contribution in [0, 0.1) is 0 Å². The van der Waals surface area contributed by atoms with Crippen LogP contribution in [0.1, 0.15) is 28.0 Å². The first-order chi connectivity index (χ1) is 14.0. The molecular weight excluding hydrogens is 390 g/mol. The largest absolute Gasteiger partial charge is 0.495 e. The van der Waals surface area contributed by atoms with E-state index < -0.39 is 0 Å². The molecule has 0 aliphatic carbocycles. The predicted molar refractivity (Wildman–Crippen MR) is 113 cm³/mol. The average Bonchev–Trinajstić information content (AvgIpc) is 3.02. The molecule has 150 valence electrons. The molecule has 1 aliphatic rings. The fourth-order valence-corrected chi connectivity index (χ4v) is 4.42. The van der Waals surface area contributed by atoms with Crippen LogP contribution in [0.3, 0.4) is 0 Å². The van der Waals surface area contributed by atoms with Crippen molar-refractivity contribution in [1.29, 1.82) is 0 Å². The van der Waals surface area contributed by atoms with E-state index >= 15 is 0 Å². The number of methoxy groups -OCH3 is 1. The number of hydrogen-bond donors (Lipinski definition) is 3. The number of fused-ring (bicyclic) bond motifs is 1. The van der Waals surface area contributed by atoms with Crippen molar-refractivity contribution in [3.63, 3.8) is 0 Å². The van der Waals surface area contributed by atoms with E-state index in [0.717, 1.165) is 33.7 Å². The first kappa shape index (κ1) is 19.1. The van der Waals surface area contributed by atoms with E-state index in [4.69, 9.17) is 10.5 Å². The lowest BCUT2D eigenvalue weighted by Gasteiger charge is -2.32. The second-order valence-electron chi connectivity index (χ2n) is 6.94. The minimum atomic E-state index is -0.292. The summed E-state index contributed by atoms with van der Waals surface area (Å²) in [7, 11) is 1.58. The highest BCUT2D eigenvalue weighted by Gasteiger charge is 2.29. The fraction of sp³-hybridized carbons (Fsp3) is 0.238. The number of hydrogen-bond acceptors (Lipinski definition) is 6. The SMILES string of the molecule is COc1ccc(Cc2sc(=O)[nH]c2O)c2c1N(Cc1ccc(N)cc1)C(=O)CC2. The number of nitrogen functional groups attached to an aromatic ring is 1. The molecule has 0 unspecified atom stereocenters. The number of benzene rings is 2. The van der Waals surface area contributed by atoms with Crippen LogP contribution in [-0.2, 0) is 24.2 Å². The van der Waals surface area contributed by atoms with E-state index in [-0.39, 0.29) is 16.7 Å². The van der Waals surface area contributed by atoms with Gasteiger partial charge in [0.05, 0.1) is 24.2 Å². The zero-order valence-corrected chi connectivity index (χ0v) is 16.7. The number of aromatic hydroxyl groups is 1. The smallest absolute Gasteiger partial charge is 0.307 e. The van der Waals surface area contributed by atoms with Crippen molar-refractivity contribution >= 4 is 28.6 Å². The van der Waals surface area contributed by atoms with Gasteiger partial charge in [-0.1, -0.05) is 29.5 Å². The van der Waals surface area contributed by atoms with Crippen molar-refractivity contribution in [3.05, 3.63) is 67.6 Å². The zero-order valence-electron chi connectivity index (χ0n) is 15.9. The number of anilines is 2. The van der Waals surface area contributed by atoms with Gasteiger partial charge in [-0.15, -0.1) is 0 Å². The summed E-state index contributed by atoms with van der Waals surface area (Å²) in [5.41, 5.74) is 10.1. The monoisotopic (exact) mass is 411 g/mol. The van der Waals surface area contributed by atoms with Gasteiger partial charge in [0, 0.05) is 18.5 Å². The van der Waals surface area contributed by atoms with Gasteiger partial charge in [-0.05, 0) is 41.3 Å². The summed E-state index contributed by atoms with van der Waals surface area (Å²) in [4.78, 5) is 28.7. The lowest BCUT2D eigenvalue weighted by atomic mass is 9.92. The number of rotatable bonds is 5. The van der Waals surface area contributed by atoms with Gasteiger partial charge in [-0.2, -0.15) is 0 Å². The Balaban J connectivity index is 1.76. The topological polar surface area (TPSA) is 109 Å². The maximum absolute atomic E-state index is 12.8. The van der Waals surface area contributed by atoms with Crippen molar-refractivity contribution in [1.82, 2.24) is 4.98 Å². The Labute approximate surface area is 171 Å². The number of nitrogens with one attached hydrogen (secondary N) is 1. The first-order valence-corrected chi connectivity index (χ1v) is 10.0. The summed E-state index contributed by atoms with van der Waals surface area (Å²) < 4.78 is 5.56. The van der Waals surface area contributed by atoms with Gasteiger partial charge in [0.25, 0.3) is 0 Å². The number of carbonyl (C=O) groups excluding carboxylic acids is 1. The number of amides is 1. The summed E-state index contributed by atoms with van der Waals surface area (Å²) >= 11 is 0.990. The molecule has 0 atom stereocenters. The van der Waals surface area contributed by atoms with Crippen LogP contribution in [0.15, 0.2) is 41.2 Å². The average molecular weight is 411 g/mol. The minimum Gasteiger partial charge on any atom is -0.495 e. The molecule has 0 saturated heterocycles. The van der Waals surface area contributed by atoms with Crippen LogP contribution in [0.25, 0.3) is 0 Å². The molecule has 4 rings (SSSR count). The summed E-state index contributed by atoms with van der Waals surface area (Å²) in [6, 6.07) is 11.2. The molecule has 4 N–H and O–H groups in total. The molecule has 1 aliphatic heterocycles. The number of H-pyrrole nitrogens is 1. The van der Waals surface area contributed by atoms with Gasteiger partial charge in [-0.25, -0.2) is 0 Å². The van der Waals surface area contributed by atoms with Crippen molar-refractivity contribution in [2.24, 2.45) is 0 Å². The number of carbonyl (C=O) groups is 1. The normalized spacial score (nSPS) is 13.4. The molecule has 8 heteroatoms. The van der Waals surface area contributed by atoms with Gasteiger partial charge in [-0.3, -0.25) is 14.6 Å². The van der Waals surface area contributed by atoms with Crippen LogP contribution >= 0.6 is 11.3 Å². The number of aromatic amines is 1. The van der Waals surface area contributed by atoms with E-state index in [1.165, 1.54) is 0 Å². The summed E-state index contributed by atoms with van der Waals surface area (Å²) in [5.74, 6) is 0.549. The Morgan fingerprint density at radius 1 is 1.17 bits per heavy atom. The highest BCUT2D eigenvalue weighted by molar-refractivity contribution is 7.09. The maximum Gasteiger partial charge on any atom is 0.307 e. The standard InChI is InChI=1S/C21H21N3O4S/c1-28-16-8-4-13(10-17-20(26)23-21(27)29-17)15-7-9-18(25)24(19(15)16)11-12-2-5-14(22)6-3-12/h2-6,8,26H,7,9-11,22H2,1H3,(H,23,27). The highest BCUT2D eigenvalue weighted by Crippen LogP contribution is 2.40. The van der Waals surface area contributed by atoms with Gasteiger partial charge < -0.3 is 20.5 Å². The first-order valence-electron chi connectivity index (χ1n) is 9.20. The van der Waals surface area contributed by atoms with Crippen molar-refractivity contribution < 1.29 is 14.6 Å². The van der Waals surface area contributed by atoms with Crippen LogP contribution < -0.4 is 20.2 Å². The lowest BCUT2D eigenvalue weighted by Crippen LogP contribution is -2.35. The Hall–Kier alpha value is -3.26. The third-order valence-corrected chi connectivity index (χ3v) is 5.97. The maximum atomic E-state index is 12.8. The molecular formula is C21H21N3O4S. The quantitative estimate of drug-likeness (QED) is 0.560. The number of ether oxygens (including phenoxy) is 1. The molecule has 0 saturated carbocycles. The third-order valence-electron chi connectivity index (χ3n) is 5.09. The van der Waals surface area contributed by atoms with E-state index in [1.54, 1.807) is 12.0 Å². The van der Waals surface area contributed by atoms with E-state index in [0.29, 0.717) is 42.1 Å². The van der Waals surface area contributed by atoms with Gasteiger partial charge in [0.2, 0.25) is 11.8 Å². The van der Waals surface area contributed by atoms with Crippen LogP contribution in [0.4, 0.5) is 11.4 Å². The van der Waals surface area contributed by atoms with Crippen LogP contribution in [0.2, 0.25) is 0 Å². The van der Waals surface area contributed by atoms with Crippen LogP contribution in [0.5, 0.6) is 11.6 Å². The Bertz CT molecular complexity index is 1120. The molecule has 1 amide bonds. The predicted octanol–water partition coefficient (Wildman–Crippen LogP) is 2.80. The second kappa shape index (κ2) is 7.63. The van der Waals surface area contributed by atoms with Gasteiger partial charge >= 0.3 is 4.87 Å². The van der Waals surface area contributed by atoms with E-state index in [9.17, 15) is 14.7 Å². The molecule has 1 aromatic heterocycles. The summed E-state index contributed by atoms with van der Waals surface area (Å²) in [5, 5.41) is 9.96. The number of nitrogens with zero attached hydrogens (tertiary/aromatic N) is 1. The lowest BCUT2D eigenvalue weighted by molar-refractivity contribution is -0.119. The van der Waals surface area contributed by atoms with E-state index in [1.807, 2.05) is 36.4 Å². The number of nitrogens with two attached hydrogens (primary N) is 1. The Morgan fingerprint density at radius 3 is 2.59 bits per heavy atom. The molecule has 0 bridgehead atoms. The van der Waals surface area contributed by atoms with Crippen LogP contribution in [-0.4, -0.2) is 23.1 Å². The van der Waals surface area contributed by atoms with Crippen molar-refractivity contribution in [2.75, 3.05) is 17.7 Å². The molecule has 0 spiro atoms. The van der Waals surface area contributed by atoms with Crippen molar-refractivity contribution in [2.45, 2.75) is 25.8 Å². The molecule has 7 nitrogen and oxygen atoms in total. The van der Waals surface area contributed by atoms with Gasteiger partial charge in [0.1, 0.15) is 5.75 Å². The molecule has 29 heavy (non-hydrogen) atoms.